The summed E-state index contributed by atoms with van der Waals surface area (Å²) in [5.41, 5.74) is 1.13. The van der Waals surface area contributed by atoms with Crippen molar-refractivity contribution in [1.82, 2.24) is 9.88 Å². The van der Waals surface area contributed by atoms with E-state index in [0.717, 1.165) is 45.0 Å². The molecule has 0 N–H and O–H groups in total. The van der Waals surface area contributed by atoms with E-state index in [1.807, 2.05) is 12.3 Å². The predicted octanol–water partition coefficient (Wildman–Crippen LogP) is 1.09. The fraction of sp³-hybridized carbons (Fsp3) is 0.688. The van der Waals surface area contributed by atoms with Gasteiger partial charge < -0.3 is 14.2 Å². The molecular formula is C16H22N2O3. The monoisotopic (exact) mass is 290 g/mol. The van der Waals surface area contributed by atoms with Gasteiger partial charge in [-0.05, 0) is 18.1 Å². The molecule has 1 aromatic heterocycles. The zero-order valence-corrected chi connectivity index (χ0v) is 12.2. The molecule has 3 aliphatic heterocycles. The van der Waals surface area contributed by atoms with Crippen molar-refractivity contribution in [3.8, 4) is 0 Å². The number of hydrogen-bond donors (Lipinski definition) is 0. The van der Waals surface area contributed by atoms with Crippen molar-refractivity contribution in [2.75, 3.05) is 33.0 Å². The van der Waals surface area contributed by atoms with Crippen molar-refractivity contribution >= 4 is 0 Å². The highest BCUT2D eigenvalue weighted by Gasteiger charge is 2.48. The first kappa shape index (κ1) is 13.6. The van der Waals surface area contributed by atoms with Crippen LogP contribution >= 0.6 is 0 Å². The van der Waals surface area contributed by atoms with Gasteiger partial charge in [0, 0.05) is 43.5 Å². The third-order valence-corrected chi connectivity index (χ3v) is 4.95. The first-order valence-corrected chi connectivity index (χ1v) is 7.83. The molecule has 3 aliphatic rings. The summed E-state index contributed by atoms with van der Waals surface area (Å²) < 4.78 is 17.4. The van der Waals surface area contributed by atoms with Crippen LogP contribution in [0.5, 0.6) is 0 Å². The van der Waals surface area contributed by atoms with E-state index in [4.69, 9.17) is 14.2 Å². The summed E-state index contributed by atoms with van der Waals surface area (Å²) in [6, 6.07) is 5.08. The Labute approximate surface area is 125 Å². The fourth-order valence-corrected chi connectivity index (χ4v) is 3.80. The van der Waals surface area contributed by atoms with Crippen molar-refractivity contribution < 1.29 is 14.2 Å². The third-order valence-electron chi connectivity index (χ3n) is 4.95. The minimum Gasteiger partial charge on any atom is -0.380 e. The van der Waals surface area contributed by atoms with Crippen LogP contribution in [0.2, 0.25) is 0 Å². The number of pyridine rings is 1. The molecule has 3 saturated heterocycles. The van der Waals surface area contributed by atoms with Crippen LogP contribution in [0, 0.1) is 5.92 Å². The van der Waals surface area contributed by atoms with Crippen LogP contribution in [-0.4, -0.2) is 61.0 Å². The van der Waals surface area contributed by atoms with E-state index in [0.29, 0.717) is 24.6 Å². The van der Waals surface area contributed by atoms with Gasteiger partial charge in [0.25, 0.3) is 0 Å². The molecule has 5 heteroatoms. The third kappa shape index (κ3) is 2.71. The predicted molar refractivity (Wildman–Crippen MR) is 76.8 cm³/mol. The normalized spacial score (nSPS) is 36.2. The maximum atomic E-state index is 6.19. The molecule has 1 unspecified atom stereocenters. The highest BCUT2D eigenvalue weighted by Crippen LogP contribution is 2.35. The highest BCUT2D eigenvalue weighted by molar-refractivity contribution is 5.07. The van der Waals surface area contributed by atoms with Gasteiger partial charge in [0.1, 0.15) is 0 Å². The molecule has 0 amide bonds. The van der Waals surface area contributed by atoms with E-state index in [-0.39, 0.29) is 6.10 Å². The lowest BCUT2D eigenvalue weighted by Gasteiger charge is -2.27. The second-order valence-electron chi connectivity index (χ2n) is 6.19. The molecule has 3 fully saturated rings. The molecule has 0 aliphatic carbocycles. The summed E-state index contributed by atoms with van der Waals surface area (Å²) in [4.78, 5) is 6.71. The Hall–Kier alpha value is -1.01. The molecular weight excluding hydrogens is 268 g/mol. The van der Waals surface area contributed by atoms with Crippen molar-refractivity contribution in [3.05, 3.63) is 30.1 Å². The maximum Gasteiger partial charge on any atom is 0.0772 e. The average Bonchev–Trinajstić information content (AvgIpc) is 3.24. The molecule has 0 bridgehead atoms. The van der Waals surface area contributed by atoms with Crippen molar-refractivity contribution in [1.29, 1.82) is 0 Å². The summed E-state index contributed by atoms with van der Waals surface area (Å²) in [6.07, 6.45) is 5.07. The molecule has 0 saturated carbocycles. The lowest BCUT2D eigenvalue weighted by Crippen LogP contribution is -2.41. The smallest absolute Gasteiger partial charge is 0.0772 e. The Balaban J connectivity index is 1.41. The van der Waals surface area contributed by atoms with Gasteiger partial charge >= 0.3 is 0 Å². The number of ether oxygens (including phenoxy) is 3. The molecule has 0 radical (unpaired) electrons. The van der Waals surface area contributed by atoms with Gasteiger partial charge in [-0.1, -0.05) is 6.07 Å². The van der Waals surface area contributed by atoms with Crippen molar-refractivity contribution in [2.45, 2.75) is 31.2 Å². The molecule has 5 nitrogen and oxygen atoms in total. The zero-order chi connectivity index (χ0) is 14.1. The lowest BCUT2D eigenvalue weighted by molar-refractivity contribution is 0.00576. The van der Waals surface area contributed by atoms with Crippen LogP contribution in [-0.2, 0) is 20.8 Å². The van der Waals surface area contributed by atoms with Gasteiger partial charge in [-0.2, -0.15) is 0 Å². The number of rotatable bonds is 4. The van der Waals surface area contributed by atoms with Gasteiger partial charge in [-0.25, -0.2) is 0 Å². The van der Waals surface area contributed by atoms with Crippen LogP contribution in [0.4, 0.5) is 0 Å². The average molecular weight is 290 g/mol. The second kappa shape index (κ2) is 6.01. The largest absolute Gasteiger partial charge is 0.380 e. The van der Waals surface area contributed by atoms with Crippen molar-refractivity contribution in [3.63, 3.8) is 0 Å². The minimum absolute atomic E-state index is 0.262. The van der Waals surface area contributed by atoms with Crippen molar-refractivity contribution in [2.24, 2.45) is 5.92 Å². The molecule has 4 atom stereocenters. The topological polar surface area (TPSA) is 43.8 Å². The number of hydrogen-bond acceptors (Lipinski definition) is 5. The number of aromatic nitrogens is 1. The number of fused-ring (bicyclic) bond motifs is 1. The van der Waals surface area contributed by atoms with E-state index < -0.39 is 0 Å². The standard InChI is InChI=1S/C16H22N2O3/c1-2-12(6-17-4-1)8-21-16-7-18(13-3-5-19-9-13)15-11-20-10-14(15)16/h1-2,4,6,13-16H,3,5,7-11H2/t13?,14-,15+,16-/m0/s1. The van der Waals surface area contributed by atoms with Gasteiger partial charge in [0.2, 0.25) is 0 Å². The van der Waals surface area contributed by atoms with Gasteiger partial charge in [0.05, 0.1) is 32.5 Å². The minimum atomic E-state index is 0.262. The van der Waals surface area contributed by atoms with Crippen LogP contribution < -0.4 is 0 Å². The molecule has 0 aromatic carbocycles. The van der Waals surface area contributed by atoms with E-state index in [9.17, 15) is 0 Å². The fourth-order valence-electron chi connectivity index (χ4n) is 3.80. The maximum absolute atomic E-state index is 6.19. The Morgan fingerprint density at radius 3 is 3.10 bits per heavy atom. The zero-order valence-electron chi connectivity index (χ0n) is 12.2. The Kier molecular flexibility index (Phi) is 3.90. The quantitative estimate of drug-likeness (QED) is 0.830. The van der Waals surface area contributed by atoms with E-state index in [1.54, 1.807) is 6.20 Å². The van der Waals surface area contributed by atoms with Crippen LogP contribution in [0.15, 0.2) is 24.5 Å². The second-order valence-corrected chi connectivity index (χ2v) is 6.19. The summed E-state index contributed by atoms with van der Waals surface area (Å²) in [5, 5.41) is 0. The Morgan fingerprint density at radius 2 is 2.29 bits per heavy atom. The lowest BCUT2D eigenvalue weighted by atomic mass is 10.0. The van der Waals surface area contributed by atoms with Gasteiger partial charge in [0.15, 0.2) is 0 Å². The van der Waals surface area contributed by atoms with Crippen LogP contribution in [0.1, 0.15) is 12.0 Å². The van der Waals surface area contributed by atoms with E-state index >= 15 is 0 Å². The Morgan fingerprint density at radius 1 is 1.29 bits per heavy atom. The molecule has 0 spiro atoms. The van der Waals surface area contributed by atoms with Crippen LogP contribution in [0.25, 0.3) is 0 Å². The SMILES string of the molecule is c1cncc(CO[C@H]2CN(C3CCOC3)[C@@H]3COC[C@H]23)c1. The number of nitrogens with zero attached hydrogens (tertiary/aromatic N) is 2. The number of likely N-dealkylation sites (tertiary alicyclic amines) is 1. The summed E-state index contributed by atoms with van der Waals surface area (Å²) in [5.74, 6) is 0.502. The van der Waals surface area contributed by atoms with Gasteiger partial charge in [-0.3, -0.25) is 9.88 Å². The molecule has 4 rings (SSSR count). The molecule has 4 heterocycles. The molecule has 1 aromatic rings. The van der Waals surface area contributed by atoms with E-state index in [1.165, 1.54) is 0 Å². The van der Waals surface area contributed by atoms with Crippen LogP contribution in [0.3, 0.4) is 0 Å². The molecule has 21 heavy (non-hydrogen) atoms. The summed E-state index contributed by atoms with van der Waals surface area (Å²) in [7, 11) is 0. The van der Waals surface area contributed by atoms with E-state index in [2.05, 4.69) is 16.0 Å². The summed E-state index contributed by atoms with van der Waals surface area (Å²) in [6.45, 7) is 5.06. The molecule has 114 valence electrons. The highest BCUT2D eigenvalue weighted by atomic mass is 16.5. The first-order valence-electron chi connectivity index (χ1n) is 7.83. The Bertz CT molecular complexity index is 464. The van der Waals surface area contributed by atoms with Gasteiger partial charge in [-0.15, -0.1) is 0 Å². The first-order chi connectivity index (χ1) is 10.4. The summed E-state index contributed by atoms with van der Waals surface area (Å²) >= 11 is 0.